The fraction of sp³-hybridized carbons (Fsp3) is 0.548. The molecule has 7 heteroatoms. The van der Waals surface area contributed by atoms with E-state index in [0.717, 1.165) is 43.2 Å². The third-order valence-electron chi connectivity index (χ3n) is 7.08. The number of nitrogens with one attached hydrogen (secondary N) is 1. The topological polar surface area (TPSA) is 73.9 Å². The maximum absolute atomic E-state index is 12.9. The van der Waals surface area contributed by atoms with Crippen LogP contribution in [-0.2, 0) is 22.4 Å². The maximum Gasteiger partial charge on any atom is 0.341 e. The van der Waals surface area contributed by atoms with Crippen LogP contribution in [0.1, 0.15) is 93.1 Å². The Morgan fingerprint density at radius 1 is 1.13 bits per heavy atom. The number of carbonyl (C=O) groups is 2. The van der Waals surface area contributed by atoms with Gasteiger partial charge in [-0.25, -0.2) is 4.79 Å². The lowest BCUT2D eigenvalue weighted by atomic mass is 9.72. The van der Waals surface area contributed by atoms with E-state index in [9.17, 15) is 9.59 Å². The lowest BCUT2D eigenvalue weighted by Gasteiger charge is -2.33. The second-order valence-corrected chi connectivity index (χ2v) is 12.0. The first-order chi connectivity index (χ1) is 18.2. The van der Waals surface area contributed by atoms with E-state index in [2.05, 4.69) is 33.0 Å². The van der Waals surface area contributed by atoms with Gasteiger partial charge in [0.1, 0.15) is 5.00 Å². The van der Waals surface area contributed by atoms with Gasteiger partial charge in [-0.3, -0.25) is 4.79 Å². The van der Waals surface area contributed by atoms with Crippen molar-refractivity contribution in [2.24, 2.45) is 11.3 Å². The molecular weight excluding hydrogens is 498 g/mol. The minimum absolute atomic E-state index is 0.189. The summed E-state index contributed by atoms with van der Waals surface area (Å²) in [7, 11) is 1.61. The van der Waals surface area contributed by atoms with Crippen molar-refractivity contribution >= 4 is 34.3 Å². The molecule has 38 heavy (non-hydrogen) atoms. The molecule has 1 aromatic heterocycles. The van der Waals surface area contributed by atoms with E-state index in [4.69, 9.17) is 14.2 Å². The Labute approximate surface area is 231 Å². The molecule has 0 radical (unpaired) electrons. The first-order valence-corrected chi connectivity index (χ1v) is 14.6. The Balaban J connectivity index is 1.72. The number of thiophene rings is 1. The largest absolute Gasteiger partial charge is 0.493 e. The minimum Gasteiger partial charge on any atom is -0.493 e. The number of unbranched alkanes of at least 4 members (excludes halogenated alkanes) is 3. The maximum atomic E-state index is 12.9. The molecule has 0 bridgehead atoms. The van der Waals surface area contributed by atoms with Crippen LogP contribution in [0.4, 0.5) is 5.00 Å². The van der Waals surface area contributed by atoms with Crippen molar-refractivity contribution in [3.8, 4) is 11.5 Å². The van der Waals surface area contributed by atoms with Crippen molar-refractivity contribution in [2.45, 2.75) is 79.6 Å². The van der Waals surface area contributed by atoms with E-state index in [1.165, 1.54) is 35.1 Å². The summed E-state index contributed by atoms with van der Waals surface area (Å²) in [6, 6.07) is 5.62. The Morgan fingerprint density at radius 2 is 1.92 bits per heavy atom. The van der Waals surface area contributed by atoms with Crippen molar-refractivity contribution in [1.82, 2.24) is 0 Å². The zero-order chi connectivity index (χ0) is 27.7. The molecule has 0 spiro atoms. The number of carbonyl (C=O) groups excluding carboxylic acids is 2. The Morgan fingerprint density at radius 3 is 2.61 bits per heavy atom. The van der Waals surface area contributed by atoms with Gasteiger partial charge in [-0.2, -0.15) is 0 Å². The van der Waals surface area contributed by atoms with Crippen molar-refractivity contribution in [2.75, 3.05) is 25.6 Å². The molecule has 0 saturated heterocycles. The van der Waals surface area contributed by atoms with Crippen LogP contribution < -0.4 is 14.8 Å². The second kappa shape index (κ2) is 13.8. The summed E-state index contributed by atoms with van der Waals surface area (Å²) in [4.78, 5) is 26.9. The lowest BCUT2D eigenvalue weighted by Crippen LogP contribution is -2.26. The monoisotopic (exact) mass is 541 g/mol. The number of benzene rings is 1. The first-order valence-electron chi connectivity index (χ1n) is 13.8. The van der Waals surface area contributed by atoms with Crippen LogP contribution in [0.3, 0.4) is 0 Å². The number of methoxy groups -OCH3 is 1. The summed E-state index contributed by atoms with van der Waals surface area (Å²) in [5.74, 6) is 1.20. The quantitative estimate of drug-likeness (QED) is 0.169. The van der Waals surface area contributed by atoms with Crippen LogP contribution in [-0.4, -0.2) is 32.2 Å². The predicted molar refractivity (Wildman–Crippen MR) is 156 cm³/mol. The van der Waals surface area contributed by atoms with E-state index in [-0.39, 0.29) is 17.3 Å². The SMILES string of the molecule is CCCCCCOc1ccc(/C=C/C(=O)Nc2sc3c(c2C(=O)OCC)CCC(C(C)(C)C)C3)cc1OC. The third kappa shape index (κ3) is 7.85. The van der Waals surface area contributed by atoms with Crippen molar-refractivity contribution in [3.05, 3.63) is 45.8 Å². The molecule has 1 aromatic carbocycles. The van der Waals surface area contributed by atoms with Gasteiger partial charge in [0, 0.05) is 11.0 Å². The van der Waals surface area contributed by atoms with Crippen LogP contribution in [0.2, 0.25) is 0 Å². The van der Waals surface area contributed by atoms with Gasteiger partial charge in [0.25, 0.3) is 0 Å². The molecular formula is C31H43NO5S. The molecule has 2 aromatic rings. The molecule has 0 fully saturated rings. The summed E-state index contributed by atoms with van der Waals surface area (Å²) >= 11 is 1.50. The highest BCUT2D eigenvalue weighted by Crippen LogP contribution is 2.44. The zero-order valence-electron chi connectivity index (χ0n) is 23.8. The van der Waals surface area contributed by atoms with Crippen molar-refractivity contribution in [3.63, 3.8) is 0 Å². The van der Waals surface area contributed by atoms with Crippen molar-refractivity contribution < 1.29 is 23.8 Å². The van der Waals surface area contributed by atoms with E-state index in [0.29, 0.717) is 41.2 Å². The normalized spacial score (nSPS) is 15.3. The molecule has 1 atom stereocenters. The van der Waals surface area contributed by atoms with Crippen LogP contribution in [0.15, 0.2) is 24.3 Å². The number of amides is 1. The number of hydrogen-bond acceptors (Lipinski definition) is 6. The van der Waals surface area contributed by atoms with E-state index in [1.54, 1.807) is 20.1 Å². The summed E-state index contributed by atoms with van der Waals surface area (Å²) in [6.45, 7) is 11.7. The third-order valence-corrected chi connectivity index (χ3v) is 8.25. The van der Waals surface area contributed by atoms with Crippen LogP contribution >= 0.6 is 11.3 Å². The first kappa shape index (κ1) is 29.8. The minimum atomic E-state index is -0.367. The number of esters is 1. The molecule has 1 heterocycles. The van der Waals surface area contributed by atoms with Gasteiger partial charge >= 0.3 is 5.97 Å². The number of rotatable bonds is 12. The second-order valence-electron chi connectivity index (χ2n) is 10.9. The van der Waals surface area contributed by atoms with Gasteiger partial charge < -0.3 is 19.5 Å². The molecule has 0 saturated carbocycles. The predicted octanol–water partition coefficient (Wildman–Crippen LogP) is 7.70. The van der Waals surface area contributed by atoms with Crippen LogP contribution in [0.5, 0.6) is 11.5 Å². The van der Waals surface area contributed by atoms with Gasteiger partial charge in [0.05, 0.1) is 25.9 Å². The molecule has 1 amide bonds. The molecule has 1 aliphatic rings. The molecule has 3 rings (SSSR count). The highest BCUT2D eigenvalue weighted by molar-refractivity contribution is 7.17. The Hall–Kier alpha value is -2.80. The molecule has 1 unspecified atom stereocenters. The van der Waals surface area contributed by atoms with Gasteiger partial charge in [0.15, 0.2) is 11.5 Å². The highest BCUT2D eigenvalue weighted by atomic mass is 32.1. The highest BCUT2D eigenvalue weighted by Gasteiger charge is 2.34. The average molecular weight is 542 g/mol. The average Bonchev–Trinajstić information content (AvgIpc) is 3.24. The van der Waals surface area contributed by atoms with Crippen molar-refractivity contribution in [1.29, 1.82) is 0 Å². The van der Waals surface area contributed by atoms with E-state index in [1.807, 2.05) is 18.2 Å². The summed E-state index contributed by atoms with van der Waals surface area (Å²) in [6.07, 6.45) is 10.5. The zero-order valence-corrected chi connectivity index (χ0v) is 24.6. The summed E-state index contributed by atoms with van der Waals surface area (Å²) < 4.78 is 16.7. The summed E-state index contributed by atoms with van der Waals surface area (Å²) in [5.41, 5.74) is 2.56. The molecule has 1 aliphatic carbocycles. The van der Waals surface area contributed by atoms with E-state index >= 15 is 0 Å². The molecule has 0 aliphatic heterocycles. The molecule has 1 N–H and O–H groups in total. The summed E-state index contributed by atoms with van der Waals surface area (Å²) in [5, 5.41) is 3.52. The Kier molecular flexibility index (Phi) is 10.8. The number of fused-ring (bicyclic) bond motifs is 1. The fourth-order valence-electron chi connectivity index (χ4n) is 4.78. The molecule has 6 nitrogen and oxygen atoms in total. The van der Waals surface area contributed by atoms with Crippen LogP contribution in [0.25, 0.3) is 6.08 Å². The van der Waals surface area contributed by atoms with Crippen LogP contribution in [0, 0.1) is 11.3 Å². The number of ether oxygens (including phenoxy) is 3. The Bertz CT molecular complexity index is 1130. The van der Waals surface area contributed by atoms with E-state index < -0.39 is 0 Å². The van der Waals surface area contributed by atoms with Gasteiger partial charge in [0.2, 0.25) is 5.91 Å². The standard InChI is InChI=1S/C31H43NO5S/c1-7-9-10-11-18-37-24-16-12-21(19-25(24)35-6)13-17-27(33)32-29-28(30(34)36-8-2)23-15-14-22(31(3,4)5)20-26(23)38-29/h12-13,16-17,19,22H,7-11,14-15,18,20H2,1-6H3,(H,32,33)/b17-13+. The number of anilines is 1. The smallest absolute Gasteiger partial charge is 0.341 e. The van der Waals surface area contributed by atoms with Gasteiger partial charge in [-0.1, -0.05) is 53.0 Å². The number of hydrogen-bond donors (Lipinski definition) is 1. The fourth-order valence-corrected chi connectivity index (χ4v) is 6.09. The lowest BCUT2D eigenvalue weighted by molar-refractivity contribution is -0.111. The molecule has 208 valence electrons. The van der Waals surface area contributed by atoms with Gasteiger partial charge in [-0.15, -0.1) is 11.3 Å². The van der Waals surface area contributed by atoms with Gasteiger partial charge in [-0.05, 0) is 73.3 Å².